The van der Waals surface area contributed by atoms with Gasteiger partial charge in [0.15, 0.2) is 6.17 Å². The average Bonchev–Trinajstić information content (AvgIpc) is 2.66. The molecule has 1 heteroatoms. The third kappa shape index (κ3) is 2.80. The largest absolute Gasteiger partial charge is 0.220 e. The van der Waals surface area contributed by atoms with Gasteiger partial charge in [0.2, 0.25) is 5.69 Å². The molecule has 1 heterocycles. The lowest BCUT2D eigenvalue weighted by atomic mass is 9.93. The van der Waals surface area contributed by atoms with Gasteiger partial charge in [-0.05, 0) is 66.6 Å². The Bertz CT molecular complexity index is 1160. The quantitative estimate of drug-likeness (QED) is 0.399. The van der Waals surface area contributed by atoms with Crippen molar-refractivity contribution in [1.29, 1.82) is 0 Å². The molecule has 0 saturated heterocycles. The molecular formula is C25H24N+. The van der Waals surface area contributed by atoms with E-state index in [-0.39, 0.29) is 0 Å². The number of hydrogen-bond donors (Lipinski definition) is 0. The number of rotatable bonds is 2. The monoisotopic (exact) mass is 339 g/mol. The molecule has 0 aliphatic rings. The number of benzene rings is 3. The summed E-state index contributed by atoms with van der Waals surface area (Å²) in [6.45, 7) is 6.47. The Morgan fingerprint density at radius 3 is 2.35 bits per heavy atom. The summed E-state index contributed by atoms with van der Waals surface area (Å²) in [4.78, 5) is 0. The molecule has 4 aromatic rings. The number of aromatic nitrogens is 1. The van der Waals surface area contributed by atoms with Gasteiger partial charge in [-0.1, -0.05) is 48.0 Å². The lowest BCUT2D eigenvalue weighted by Gasteiger charge is -2.12. The zero-order valence-electron chi connectivity index (χ0n) is 16.8. The maximum atomic E-state index is 8.51. The zero-order valence-corrected chi connectivity index (χ0v) is 15.8. The standard InChI is InChI=1S/C25H24N/c1-17-14-18(2)19(3)24(15-17)25-23-11-10-21(20-8-6-5-7-9-20)16-22(23)12-13-26(25)4/h5-16H,1-4H3/q+1/i13D. The molecule has 0 aliphatic carbocycles. The molecule has 0 bridgehead atoms. The maximum absolute atomic E-state index is 8.51. The fourth-order valence-corrected chi connectivity index (χ4v) is 3.73. The van der Waals surface area contributed by atoms with Crippen molar-refractivity contribution < 1.29 is 5.94 Å². The molecule has 0 amide bonds. The highest BCUT2D eigenvalue weighted by Crippen LogP contribution is 2.32. The van der Waals surface area contributed by atoms with Crippen LogP contribution in [0.15, 0.2) is 72.9 Å². The summed E-state index contributed by atoms with van der Waals surface area (Å²) < 4.78 is 10.5. The Labute approximate surface area is 157 Å². The van der Waals surface area contributed by atoms with E-state index in [4.69, 9.17) is 1.37 Å². The Morgan fingerprint density at radius 1 is 0.808 bits per heavy atom. The molecule has 0 radical (unpaired) electrons. The molecule has 0 N–H and O–H groups in total. The Balaban J connectivity index is 2.03. The second-order valence-electron chi connectivity index (χ2n) is 7.10. The van der Waals surface area contributed by atoms with Gasteiger partial charge in [0.1, 0.15) is 8.42 Å². The van der Waals surface area contributed by atoms with E-state index in [0.717, 1.165) is 11.1 Å². The number of hydrogen-bond acceptors (Lipinski definition) is 0. The third-order valence-corrected chi connectivity index (χ3v) is 5.23. The van der Waals surface area contributed by atoms with E-state index in [9.17, 15) is 0 Å². The molecule has 3 aromatic carbocycles. The van der Waals surface area contributed by atoms with Crippen molar-refractivity contribution in [2.45, 2.75) is 20.8 Å². The highest BCUT2D eigenvalue weighted by Gasteiger charge is 2.18. The van der Waals surface area contributed by atoms with E-state index in [1.165, 1.54) is 38.8 Å². The second-order valence-corrected chi connectivity index (χ2v) is 7.10. The zero-order chi connectivity index (χ0) is 19.1. The first kappa shape index (κ1) is 15.3. The van der Waals surface area contributed by atoms with Crippen LogP contribution in [0, 0.1) is 20.8 Å². The fourth-order valence-electron chi connectivity index (χ4n) is 3.73. The Morgan fingerprint density at radius 2 is 1.58 bits per heavy atom. The first-order chi connectivity index (χ1) is 13.0. The second kappa shape index (κ2) is 6.42. The molecule has 0 saturated carbocycles. The van der Waals surface area contributed by atoms with E-state index in [0.29, 0.717) is 6.17 Å². The molecule has 4 rings (SSSR count). The van der Waals surface area contributed by atoms with Crippen LogP contribution in [-0.4, -0.2) is 0 Å². The summed E-state index contributed by atoms with van der Waals surface area (Å²) >= 11 is 0. The van der Waals surface area contributed by atoms with Crippen LogP contribution < -0.4 is 4.57 Å². The molecule has 0 unspecified atom stereocenters. The summed E-state index contributed by atoms with van der Waals surface area (Å²) in [5.41, 5.74) is 8.51. The van der Waals surface area contributed by atoms with Gasteiger partial charge in [-0.2, -0.15) is 0 Å². The van der Waals surface area contributed by atoms with E-state index in [1.54, 1.807) is 0 Å². The molecule has 0 spiro atoms. The molecular weight excluding hydrogens is 314 g/mol. The van der Waals surface area contributed by atoms with Crippen LogP contribution in [0.3, 0.4) is 0 Å². The van der Waals surface area contributed by atoms with Gasteiger partial charge in [-0.15, -0.1) is 0 Å². The normalized spacial score (nSPS) is 11.6. The first-order valence-electron chi connectivity index (χ1n) is 9.53. The smallest absolute Gasteiger partial charge is 0.200 e. The van der Waals surface area contributed by atoms with Crippen molar-refractivity contribution in [1.82, 2.24) is 0 Å². The molecule has 0 fully saturated rings. The van der Waals surface area contributed by atoms with Crippen LogP contribution in [0.1, 0.15) is 18.1 Å². The molecule has 128 valence electrons. The van der Waals surface area contributed by atoms with E-state index in [2.05, 4.69) is 75.4 Å². The van der Waals surface area contributed by atoms with Crippen LogP contribution >= 0.6 is 0 Å². The lowest BCUT2D eigenvalue weighted by Crippen LogP contribution is -2.30. The van der Waals surface area contributed by atoms with E-state index in [1.807, 2.05) is 23.7 Å². The topological polar surface area (TPSA) is 3.88 Å². The lowest BCUT2D eigenvalue weighted by molar-refractivity contribution is -0.659. The summed E-state index contributed by atoms with van der Waals surface area (Å²) in [6, 6.07) is 23.4. The Kier molecular flexibility index (Phi) is 3.79. The van der Waals surface area contributed by atoms with Crippen molar-refractivity contribution in [3.8, 4) is 22.4 Å². The molecule has 26 heavy (non-hydrogen) atoms. The van der Waals surface area contributed by atoms with Gasteiger partial charge in [0.25, 0.3) is 0 Å². The highest BCUT2D eigenvalue weighted by atomic mass is 14.9. The van der Waals surface area contributed by atoms with Crippen LogP contribution in [0.5, 0.6) is 0 Å². The predicted molar refractivity (Wildman–Crippen MR) is 110 cm³/mol. The van der Waals surface area contributed by atoms with Gasteiger partial charge >= 0.3 is 0 Å². The molecule has 1 aromatic heterocycles. The third-order valence-electron chi connectivity index (χ3n) is 5.23. The summed E-state index contributed by atoms with van der Waals surface area (Å²) in [5.74, 6) is 0. The van der Waals surface area contributed by atoms with E-state index < -0.39 is 0 Å². The van der Waals surface area contributed by atoms with Crippen molar-refractivity contribution in [2.75, 3.05) is 0 Å². The molecule has 1 nitrogen and oxygen atoms in total. The van der Waals surface area contributed by atoms with Crippen molar-refractivity contribution in [3.05, 3.63) is 89.6 Å². The SMILES string of the molecule is [2H]c1cc2cc(-c3ccccc3)ccc2c(-c2cc(C)cc(C)c2C)[n+]1C. The summed E-state index contributed by atoms with van der Waals surface area (Å²) in [5, 5.41) is 2.29. The van der Waals surface area contributed by atoms with Crippen molar-refractivity contribution in [3.63, 3.8) is 0 Å². The first-order valence-corrected chi connectivity index (χ1v) is 9.03. The number of pyridine rings is 1. The average molecular weight is 339 g/mol. The van der Waals surface area contributed by atoms with Gasteiger partial charge in [-0.3, -0.25) is 0 Å². The minimum Gasteiger partial charge on any atom is -0.200 e. The van der Waals surface area contributed by atoms with Crippen molar-refractivity contribution >= 4 is 10.8 Å². The van der Waals surface area contributed by atoms with E-state index >= 15 is 0 Å². The maximum Gasteiger partial charge on any atom is 0.220 e. The van der Waals surface area contributed by atoms with Crippen LogP contribution in [0.4, 0.5) is 0 Å². The number of nitrogens with zero attached hydrogens (tertiary/aromatic N) is 1. The minimum absolute atomic E-state index is 0.515. The summed E-state index contributed by atoms with van der Waals surface area (Å²) in [6.07, 6.45) is 0.515. The number of aryl methyl sites for hydroxylation is 2. The molecule has 0 aliphatic heterocycles. The van der Waals surface area contributed by atoms with Gasteiger partial charge in [0, 0.05) is 6.07 Å². The van der Waals surface area contributed by atoms with Gasteiger partial charge in [-0.25, -0.2) is 4.57 Å². The fraction of sp³-hybridized carbons (Fsp3) is 0.160. The Hall–Kier alpha value is -2.93. The minimum atomic E-state index is 0.515. The van der Waals surface area contributed by atoms with Crippen molar-refractivity contribution in [2.24, 2.45) is 7.05 Å². The van der Waals surface area contributed by atoms with Gasteiger partial charge < -0.3 is 0 Å². The highest BCUT2D eigenvalue weighted by molar-refractivity contribution is 5.96. The van der Waals surface area contributed by atoms with Gasteiger partial charge in [0.05, 0.1) is 10.9 Å². The predicted octanol–water partition coefficient (Wildman–Crippen LogP) is 5.92. The van der Waals surface area contributed by atoms with Crippen LogP contribution in [0.25, 0.3) is 33.2 Å². The van der Waals surface area contributed by atoms with Crippen LogP contribution in [0.2, 0.25) is 0 Å². The summed E-state index contributed by atoms with van der Waals surface area (Å²) in [7, 11) is 1.99. The van der Waals surface area contributed by atoms with Crippen LogP contribution in [-0.2, 0) is 7.05 Å². The number of fused-ring (bicyclic) bond motifs is 1. The molecule has 0 atom stereocenters.